The van der Waals surface area contributed by atoms with Crippen molar-refractivity contribution in [3.05, 3.63) is 35.4 Å². The molecule has 1 aromatic carbocycles. The number of aldehydes is 1. The van der Waals surface area contributed by atoms with Gasteiger partial charge in [-0.1, -0.05) is 31.2 Å². The summed E-state index contributed by atoms with van der Waals surface area (Å²) < 4.78 is 5.32. The van der Waals surface area contributed by atoms with Crippen LogP contribution in [0.4, 0.5) is 0 Å². The minimum absolute atomic E-state index is 0.0986. The van der Waals surface area contributed by atoms with Crippen molar-refractivity contribution in [2.45, 2.75) is 95.3 Å². The highest BCUT2D eigenvalue weighted by Crippen LogP contribution is 2.22. The van der Waals surface area contributed by atoms with Gasteiger partial charge in [-0.2, -0.15) is 0 Å². The Morgan fingerprint density at radius 3 is 2.39 bits per heavy atom. The highest BCUT2D eigenvalue weighted by Gasteiger charge is 2.43. The molecule has 0 unspecified atom stereocenters. The van der Waals surface area contributed by atoms with Crippen LogP contribution in [-0.2, 0) is 46.3 Å². The lowest BCUT2D eigenvalue weighted by Crippen LogP contribution is -2.65. The number of hydrogen-bond donors (Lipinski definition) is 3. The molecule has 0 spiro atoms. The molecule has 1 aromatic rings. The molecular weight excluding hydrogens is 566 g/mol. The van der Waals surface area contributed by atoms with E-state index in [2.05, 4.69) is 16.0 Å². The van der Waals surface area contributed by atoms with Gasteiger partial charge in [0, 0.05) is 38.9 Å². The van der Waals surface area contributed by atoms with Gasteiger partial charge in [-0.15, -0.1) is 0 Å². The second-order valence-electron chi connectivity index (χ2n) is 12.1. The lowest BCUT2D eigenvalue weighted by atomic mass is 9.94. The summed E-state index contributed by atoms with van der Waals surface area (Å²) in [5.74, 6) is -1.65. The summed E-state index contributed by atoms with van der Waals surface area (Å²) in [6.07, 6.45) is 4.15. The Kier molecular flexibility index (Phi) is 11.5. The number of nitrogens with zero attached hydrogens (tertiary/aromatic N) is 2. The van der Waals surface area contributed by atoms with Gasteiger partial charge in [0.1, 0.15) is 30.0 Å². The summed E-state index contributed by atoms with van der Waals surface area (Å²) in [6, 6.07) is 5.00. The molecule has 3 fully saturated rings. The second kappa shape index (κ2) is 15.3. The Hall–Kier alpha value is -3.80. The second-order valence-corrected chi connectivity index (χ2v) is 12.1. The average Bonchev–Trinajstić information content (AvgIpc) is 3.53. The molecule has 3 saturated heterocycles. The molecular formula is C32H45N5O7. The molecule has 0 aliphatic carbocycles. The van der Waals surface area contributed by atoms with Crippen LogP contribution in [-0.4, -0.2) is 102 Å². The predicted molar refractivity (Wildman–Crippen MR) is 161 cm³/mol. The number of morpholine rings is 1. The molecule has 0 saturated carbocycles. The third kappa shape index (κ3) is 8.22. The Balaban J connectivity index is 1.50. The largest absolute Gasteiger partial charge is 0.378 e. The average molecular weight is 612 g/mol. The van der Waals surface area contributed by atoms with Crippen molar-refractivity contribution in [3.63, 3.8) is 0 Å². The Labute approximate surface area is 258 Å². The van der Waals surface area contributed by atoms with Crippen molar-refractivity contribution in [3.8, 4) is 0 Å². The van der Waals surface area contributed by atoms with Crippen LogP contribution in [0.5, 0.6) is 0 Å². The third-order valence-electron chi connectivity index (χ3n) is 8.95. The molecule has 12 nitrogen and oxygen atoms in total. The molecule has 0 radical (unpaired) electrons. The normalized spacial score (nSPS) is 26.5. The number of ether oxygens (including phenoxy) is 1. The zero-order valence-electron chi connectivity index (χ0n) is 25.8. The predicted octanol–water partition coefficient (Wildman–Crippen LogP) is 0.649. The number of rotatable bonds is 10. The van der Waals surface area contributed by atoms with E-state index in [4.69, 9.17) is 4.74 Å². The number of carbonyl (C=O) groups is 6. The molecule has 0 aromatic heterocycles. The zero-order chi connectivity index (χ0) is 31.7. The van der Waals surface area contributed by atoms with Crippen molar-refractivity contribution in [2.75, 3.05) is 32.8 Å². The molecule has 3 N–H and O–H groups in total. The highest BCUT2D eigenvalue weighted by atomic mass is 16.5. The SMILES string of the molecule is CC[C@]1(C)NC(=O)[C@H](CCCC=O)NC(=O)[C@H]2CCCN2C(=O)[C@H](Cc2ccc(CCC(=O)N3CCOCC3)cc2)NC1=O. The maximum atomic E-state index is 13.9. The number of nitrogens with one attached hydrogen (secondary N) is 3. The van der Waals surface area contributed by atoms with Crippen LogP contribution in [0.3, 0.4) is 0 Å². The summed E-state index contributed by atoms with van der Waals surface area (Å²) in [4.78, 5) is 81.0. The van der Waals surface area contributed by atoms with Gasteiger partial charge in [-0.3, -0.25) is 24.0 Å². The van der Waals surface area contributed by atoms with Crippen LogP contribution >= 0.6 is 0 Å². The molecule has 0 bridgehead atoms. The summed E-state index contributed by atoms with van der Waals surface area (Å²) >= 11 is 0. The van der Waals surface area contributed by atoms with Crippen LogP contribution < -0.4 is 16.0 Å². The topological polar surface area (TPSA) is 154 Å². The minimum atomic E-state index is -1.33. The van der Waals surface area contributed by atoms with E-state index in [9.17, 15) is 28.8 Å². The van der Waals surface area contributed by atoms with Crippen LogP contribution in [0.25, 0.3) is 0 Å². The molecule has 3 heterocycles. The van der Waals surface area contributed by atoms with Crippen molar-refractivity contribution < 1.29 is 33.5 Å². The third-order valence-corrected chi connectivity index (χ3v) is 8.95. The molecule has 12 heteroatoms. The van der Waals surface area contributed by atoms with E-state index in [1.807, 2.05) is 29.2 Å². The fourth-order valence-corrected chi connectivity index (χ4v) is 5.93. The first-order valence-corrected chi connectivity index (χ1v) is 15.8. The van der Waals surface area contributed by atoms with Crippen molar-refractivity contribution >= 4 is 35.8 Å². The molecule has 240 valence electrons. The number of amides is 5. The van der Waals surface area contributed by atoms with Gasteiger partial charge < -0.3 is 35.3 Å². The van der Waals surface area contributed by atoms with E-state index in [1.54, 1.807) is 13.8 Å². The molecule has 5 amide bonds. The Morgan fingerprint density at radius 2 is 1.70 bits per heavy atom. The minimum Gasteiger partial charge on any atom is -0.378 e. The molecule has 3 aliphatic rings. The summed E-state index contributed by atoms with van der Waals surface area (Å²) in [7, 11) is 0. The van der Waals surface area contributed by atoms with Crippen LogP contribution in [0, 0.1) is 0 Å². The van der Waals surface area contributed by atoms with E-state index in [0.717, 1.165) is 17.4 Å². The molecule has 44 heavy (non-hydrogen) atoms. The van der Waals surface area contributed by atoms with Crippen LogP contribution in [0.2, 0.25) is 0 Å². The first-order chi connectivity index (χ1) is 21.1. The monoisotopic (exact) mass is 611 g/mol. The molecule has 4 rings (SSSR count). The summed E-state index contributed by atoms with van der Waals surface area (Å²) in [5.41, 5.74) is 0.477. The van der Waals surface area contributed by atoms with E-state index in [-0.39, 0.29) is 37.5 Å². The number of fused-ring (bicyclic) bond motifs is 1. The van der Waals surface area contributed by atoms with E-state index < -0.39 is 41.4 Å². The fourth-order valence-electron chi connectivity index (χ4n) is 5.93. The van der Waals surface area contributed by atoms with Gasteiger partial charge in [-0.25, -0.2) is 0 Å². The smallest absolute Gasteiger partial charge is 0.246 e. The van der Waals surface area contributed by atoms with E-state index in [1.165, 1.54) is 4.90 Å². The van der Waals surface area contributed by atoms with E-state index in [0.29, 0.717) is 65.0 Å². The summed E-state index contributed by atoms with van der Waals surface area (Å²) in [6.45, 7) is 6.08. The first-order valence-electron chi connectivity index (χ1n) is 15.8. The van der Waals surface area contributed by atoms with Gasteiger partial charge in [-0.05, 0) is 56.6 Å². The first kappa shape index (κ1) is 33.1. The number of hydrogen-bond acceptors (Lipinski definition) is 7. The highest BCUT2D eigenvalue weighted by molar-refractivity contribution is 5.99. The zero-order valence-corrected chi connectivity index (χ0v) is 25.8. The van der Waals surface area contributed by atoms with Crippen molar-refractivity contribution in [1.29, 1.82) is 0 Å². The maximum absolute atomic E-state index is 13.9. The van der Waals surface area contributed by atoms with Gasteiger partial charge in [0.25, 0.3) is 0 Å². The van der Waals surface area contributed by atoms with E-state index >= 15 is 0 Å². The maximum Gasteiger partial charge on any atom is 0.246 e. The summed E-state index contributed by atoms with van der Waals surface area (Å²) in [5, 5.41) is 8.50. The Bertz CT molecular complexity index is 1220. The van der Waals surface area contributed by atoms with Gasteiger partial charge >= 0.3 is 0 Å². The number of unbranched alkanes of at least 4 members (excludes halogenated alkanes) is 1. The Morgan fingerprint density at radius 1 is 1.00 bits per heavy atom. The number of benzene rings is 1. The van der Waals surface area contributed by atoms with Crippen LogP contribution in [0.15, 0.2) is 24.3 Å². The van der Waals surface area contributed by atoms with Gasteiger partial charge in [0.2, 0.25) is 29.5 Å². The van der Waals surface area contributed by atoms with Gasteiger partial charge in [0.15, 0.2) is 0 Å². The lowest BCUT2D eigenvalue weighted by molar-refractivity contribution is -0.144. The number of aryl methyl sites for hydroxylation is 1. The fraction of sp³-hybridized carbons (Fsp3) is 0.625. The van der Waals surface area contributed by atoms with Gasteiger partial charge in [0.05, 0.1) is 13.2 Å². The lowest BCUT2D eigenvalue weighted by Gasteiger charge is -2.35. The quantitative estimate of drug-likeness (QED) is 0.259. The van der Waals surface area contributed by atoms with Crippen molar-refractivity contribution in [1.82, 2.24) is 25.8 Å². The molecule has 4 atom stereocenters. The molecule has 3 aliphatic heterocycles. The standard InChI is InChI=1S/C32H45N5O7/c1-3-32(2)31(43)34-25(21-23-11-9-22(10-12-23)13-14-27(39)36-16-19-44-20-17-36)30(42)37-15-6-8-26(37)29(41)33-24(28(40)35-32)7-4-5-18-38/h9-12,18,24-26H,3-8,13-17,19-21H2,1-2H3,(H,33,41)(H,34,43)(H,35,40)/t24-,25-,26+,32-/m0/s1. The van der Waals surface area contributed by atoms with Crippen LogP contribution in [0.1, 0.15) is 69.9 Å². The number of carbonyl (C=O) groups excluding carboxylic acids is 6. The van der Waals surface area contributed by atoms with Crippen molar-refractivity contribution in [2.24, 2.45) is 0 Å².